The smallest absolute Gasteiger partial charge is 0.249 e. The Kier molecular flexibility index (Phi) is 5.23. The third-order valence-electron chi connectivity index (χ3n) is 4.40. The lowest BCUT2D eigenvalue weighted by atomic mass is 9.93. The van der Waals surface area contributed by atoms with Gasteiger partial charge in [-0.1, -0.05) is 12.1 Å². The molecule has 2 heterocycles. The highest BCUT2D eigenvalue weighted by molar-refractivity contribution is 5.78. The van der Waals surface area contributed by atoms with E-state index in [2.05, 4.69) is 9.97 Å². The molecule has 1 amide bonds. The number of aromatic nitrogens is 2. The number of nitrogen functional groups attached to an aromatic ring is 1. The van der Waals surface area contributed by atoms with Gasteiger partial charge in [0.2, 0.25) is 11.9 Å². The SMILES string of the molecule is COCC(=O)N1CCCCC1c1nc(N)ncc1-c1ccc(F)cc1. The highest BCUT2D eigenvalue weighted by Crippen LogP contribution is 2.36. The molecule has 1 atom stereocenters. The quantitative estimate of drug-likeness (QED) is 0.922. The Morgan fingerprint density at radius 1 is 1.36 bits per heavy atom. The zero-order chi connectivity index (χ0) is 17.8. The zero-order valence-corrected chi connectivity index (χ0v) is 14.1. The summed E-state index contributed by atoms with van der Waals surface area (Å²) in [7, 11) is 1.50. The van der Waals surface area contributed by atoms with Gasteiger partial charge in [0.05, 0.1) is 11.7 Å². The van der Waals surface area contributed by atoms with Gasteiger partial charge in [0, 0.05) is 25.4 Å². The molecule has 25 heavy (non-hydrogen) atoms. The molecule has 132 valence electrons. The zero-order valence-electron chi connectivity index (χ0n) is 14.1. The standard InChI is InChI=1S/C18H21FN4O2/c1-25-11-16(24)23-9-3-2-4-15(23)17-14(10-21-18(20)22-17)12-5-7-13(19)8-6-12/h5-8,10,15H,2-4,9,11H2,1H3,(H2,20,21,22). The number of carbonyl (C=O) groups excluding carboxylic acids is 1. The highest BCUT2D eigenvalue weighted by atomic mass is 19.1. The van der Waals surface area contributed by atoms with Crippen molar-refractivity contribution in [3.05, 3.63) is 42.0 Å². The van der Waals surface area contributed by atoms with E-state index in [1.807, 2.05) is 0 Å². The van der Waals surface area contributed by atoms with Gasteiger partial charge >= 0.3 is 0 Å². The number of carbonyl (C=O) groups is 1. The third kappa shape index (κ3) is 3.76. The topological polar surface area (TPSA) is 81.3 Å². The second-order valence-electron chi connectivity index (χ2n) is 6.07. The number of hydrogen-bond acceptors (Lipinski definition) is 5. The molecule has 0 bridgehead atoms. The van der Waals surface area contributed by atoms with Crippen LogP contribution >= 0.6 is 0 Å². The van der Waals surface area contributed by atoms with Gasteiger partial charge in [-0.3, -0.25) is 4.79 Å². The number of halogens is 1. The number of nitrogens with two attached hydrogens (primary N) is 1. The van der Waals surface area contributed by atoms with Gasteiger partial charge in [0.25, 0.3) is 0 Å². The summed E-state index contributed by atoms with van der Waals surface area (Å²) in [5, 5.41) is 0. The van der Waals surface area contributed by atoms with Crippen molar-refractivity contribution >= 4 is 11.9 Å². The Morgan fingerprint density at radius 3 is 2.84 bits per heavy atom. The maximum absolute atomic E-state index is 13.3. The first-order chi connectivity index (χ1) is 12.1. The van der Waals surface area contributed by atoms with Crippen LogP contribution in [-0.4, -0.2) is 41.0 Å². The molecule has 3 rings (SSSR count). The van der Waals surface area contributed by atoms with E-state index in [1.54, 1.807) is 23.2 Å². The van der Waals surface area contributed by atoms with E-state index < -0.39 is 0 Å². The summed E-state index contributed by atoms with van der Waals surface area (Å²) < 4.78 is 18.3. The molecule has 6 nitrogen and oxygen atoms in total. The molecule has 0 radical (unpaired) electrons. The van der Waals surface area contributed by atoms with Crippen LogP contribution in [0.3, 0.4) is 0 Å². The fraction of sp³-hybridized carbons (Fsp3) is 0.389. The van der Waals surface area contributed by atoms with E-state index in [9.17, 15) is 9.18 Å². The molecule has 1 unspecified atom stereocenters. The Bertz CT molecular complexity index is 751. The molecule has 0 aliphatic carbocycles. The summed E-state index contributed by atoms with van der Waals surface area (Å²) in [4.78, 5) is 22.7. The Balaban J connectivity index is 2.03. The van der Waals surface area contributed by atoms with Crippen LogP contribution in [0.25, 0.3) is 11.1 Å². The Morgan fingerprint density at radius 2 is 2.12 bits per heavy atom. The minimum atomic E-state index is -0.309. The number of amides is 1. The molecule has 1 saturated heterocycles. The molecule has 1 aliphatic heterocycles. The summed E-state index contributed by atoms with van der Waals surface area (Å²) in [6.45, 7) is 0.683. The number of anilines is 1. The molecular formula is C18H21FN4O2. The monoisotopic (exact) mass is 344 g/mol. The average molecular weight is 344 g/mol. The van der Waals surface area contributed by atoms with Gasteiger partial charge < -0.3 is 15.4 Å². The van der Waals surface area contributed by atoms with Crippen molar-refractivity contribution in [2.24, 2.45) is 0 Å². The first-order valence-corrected chi connectivity index (χ1v) is 8.27. The lowest BCUT2D eigenvalue weighted by Gasteiger charge is -2.36. The minimum Gasteiger partial charge on any atom is -0.375 e. The third-order valence-corrected chi connectivity index (χ3v) is 4.40. The fourth-order valence-electron chi connectivity index (χ4n) is 3.24. The van der Waals surface area contributed by atoms with Crippen LogP contribution in [0.5, 0.6) is 0 Å². The number of methoxy groups -OCH3 is 1. The van der Waals surface area contributed by atoms with Crippen LogP contribution < -0.4 is 5.73 Å². The van der Waals surface area contributed by atoms with Crippen molar-refractivity contribution in [1.29, 1.82) is 0 Å². The predicted molar refractivity (Wildman–Crippen MR) is 92.0 cm³/mol. The van der Waals surface area contributed by atoms with Crippen molar-refractivity contribution < 1.29 is 13.9 Å². The van der Waals surface area contributed by atoms with Gasteiger partial charge in [-0.05, 0) is 37.0 Å². The number of piperidine rings is 1. The number of hydrogen-bond donors (Lipinski definition) is 1. The lowest BCUT2D eigenvalue weighted by molar-refractivity contribution is -0.139. The van der Waals surface area contributed by atoms with E-state index in [0.29, 0.717) is 12.2 Å². The molecule has 2 N–H and O–H groups in total. The summed E-state index contributed by atoms with van der Waals surface area (Å²) >= 11 is 0. The van der Waals surface area contributed by atoms with Crippen LogP contribution in [-0.2, 0) is 9.53 Å². The molecule has 1 aromatic heterocycles. The number of ether oxygens (including phenoxy) is 1. The van der Waals surface area contributed by atoms with Crippen LogP contribution in [0.1, 0.15) is 31.0 Å². The number of likely N-dealkylation sites (tertiary alicyclic amines) is 1. The first kappa shape index (κ1) is 17.3. The van der Waals surface area contributed by atoms with E-state index >= 15 is 0 Å². The summed E-state index contributed by atoms with van der Waals surface area (Å²) in [5.41, 5.74) is 8.06. The number of rotatable bonds is 4. The second kappa shape index (κ2) is 7.57. The molecule has 1 fully saturated rings. The normalized spacial score (nSPS) is 17.5. The van der Waals surface area contributed by atoms with Crippen molar-refractivity contribution in [3.63, 3.8) is 0 Å². The van der Waals surface area contributed by atoms with Crippen LogP contribution in [0.15, 0.2) is 30.5 Å². The summed E-state index contributed by atoms with van der Waals surface area (Å²) in [6, 6.07) is 5.95. The van der Waals surface area contributed by atoms with Crippen LogP contribution in [0.2, 0.25) is 0 Å². The second-order valence-corrected chi connectivity index (χ2v) is 6.07. The van der Waals surface area contributed by atoms with E-state index in [1.165, 1.54) is 19.2 Å². The van der Waals surface area contributed by atoms with E-state index in [-0.39, 0.29) is 30.3 Å². The molecular weight excluding hydrogens is 323 g/mol. The van der Waals surface area contributed by atoms with Crippen LogP contribution in [0, 0.1) is 5.82 Å². The molecule has 0 spiro atoms. The molecule has 1 aromatic carbocycles. The predicted octanol–water partition coefficient (Wildman–Crippen LogP) is 2.56. The van der Waals surface area contributed by atoms with Crippen molar-refractivity contribution in [3.8, 4) is 11.1 Å². The minimum absolute atomic E-state index is 0.0307. The molecule has 1 aliphatic rings. The van der Waals surface area contributed by atoms with Crippen molar-refractivity contribution in [2.45, 2.75) is 25.3 Å². The van der Waals surface area contributed by atoms with Gasteiger partial charge in [0.1, 0.15) is 12.4 Å². The highest BCUT2D eigenvalue weighted by Gasteiger charge is 2.31. The van der Waals surface area contributed by atoms with Crippen molar-refractivity contribution in [1.82, 2.24) is 14.9 Å². The Labute approximate surface area is 145 Å². The first-order valence-electron chi connectivity index (χ1n) is 8.27. The van der Waals surface area contributed by atoms with Crippen LogP contribution in [0.4, 0.5) is 10.3 Å². The van der Waals surface area contributed by atoms with Gasteiger partial charge in [0.15, 0.2) is 0 Å². The molecule has 0 saturated carbocycles. The van der Waals surface area contributed by atoms with E-state index in [0.717, 1.165) is 30.4 Å². The largest absolute Gasteiger partial charge is 0.375 e. The summed E-state index contributed by atoms with van der Waals surface area (Å²) in [6.07, 6.45) is 4.37. The van der Waals surface area contributed by atoms with Gasteiger partial charge in [-0.15, -0.1) is 0 Å². The Hall–Kier alpha value is -2.54. The average Bonchev–Trinajstić information content (AvgIpc) is 2.63. The van der Waals surface area contributed by atoms with Gasteiger partial charge in [-0.2, -0.15) is 0 Å². The van der Waals surface area contributed by atoms with Crippen molar-refractivity contribution in [2.75, 3.05) is 26.0 Å². The maximum atomic E-state index is 13.3. The van der Waals surface area contributed by atoms with E-state index in [4.69, 9.17) is 10.5 Å². The van der Waals surface area contributed by atoms with Gasteiger partial charge in [-0.25, -0.2) is 14.4 Å². The molecule has 7 heteroatoms. The molecule has 2 aromatic rings. The number of nitrogens with zero attached hydrogens (tertiary/aromatic N) is 3. The maximum Gasteiger partial charge on any atom is 0.249 e. The summed E-state index contributed by atoms with van der Waals surface area (Å²) in [5.74, 6) is -0.226. The number of benzene rings is 1. The fourth-order valence-corrected chi connectivity index (χ4v) is 3.24. The lowest BCUT2D eigenvalue weighted by Crippen LogP contribution is -2.41.